The minimum atomic E-state index is -0.795. The SMILES string of the molecule is Cc1ccc(NC(=O)CN2CCCC(N(C)CC(=O)O)CC2)c(C)c1.Cl. The molecule has 26 heavy (non-hydrogen) atoms. The van der Waals surface area contributed by atoms with Crippen molar-refractivity contribution in [1.29, 1.82) is 0 Å². The third kappa shape index (κ3) is 6.94. The van der Waals surface area contributed by atoms with Gasteiger partial charge in [0.05, 0.1) is 13.1 Å². The lowest BCUT2D eigenvalue weighted by Gasteiger charge is -2.25. The first-order valence-corrected chi connectivity index (χ1v) is 8.86. The zero-order valence-corrected chi connectivity index (χ0v) is 16.6. The molecular formula is C19H30ClN3O3. The molecule has 2 N–H and O–H groups in total. The van der Waals surface area contributed by atoms with Crippen LogP contribution >= 0.6 is 12.4 Å². The van der Waals surface area contributed by atoms with Gasteiger partial charge in [-0.1, -0.05) is 17.7 Å². The number of hydrogen-bond donors (Lipinski definition) is 2. The van der Waals surface area contributed by atoms with E-state index in [1.54, 1.807) is 0 Å². The van der Waals surface area contributed by atoms with Crippen LogP contribution in [0.4, 0.5) is 5.69 Å². The Morgan fingerprint density at radius 3 is 2.65 bits per heavy atom. The van der Waals surface area contributed by atoms with Gasteiger partial charge < -0.3 is 10.4 Å². The van der Waals surface area contributed by atoms with Crippen LogP contribution < -0.4 is 5.32 Å². The monoisotopic (exact) mass is 383 g/mol. The van der Waals surface area contributed by atoms with Gasteiger partial charge in [0, 0.05) is 18.3 Å². The highest BCUT2D eigenvalue weighted by molar-refractivity contribution is 5.93. The molecule has 6 nitrogen and oxygen atoms in total. The van der Waals surface area contributed by atoms with Crippen LogP contribution in [-0.4, -0.2) is 66.1 Å². The summed E-state index contributed by atoms with van der Waals surface area (Å²) in [7, 11) is 1.86. The van der Waals surface area contributed by atoms with Crippen LogP contribution in [0.25, 0.3) is 0 Å². The highest BCUT2D eigenvalue weighted by atomic mass is 35.5. The molecule has 7 heteroatoms. The maximum atomic E-state index is 12.4. The minimum Gasteiger partial charge on any atom is -0.480 e. The van der Waals surface area contributed by atoms with Crippen LogP contribution in [0.1, 0.15) is 30.4 Å². The number of rotatable bonds is 6. The number of amides is 1. The molecule has 1 aliphatic heterocycles. The topological polar surface area (TPSA) is 72.9 Å². The summed E-state index contributed by atoms with van der Waals surface area (Å²) in [6.07, 6.45) is 2.84. The van der Waals surface area contributed by atoms with E-state index in [2.05, 4.69) is 16.3 Å². The van der Waals surface area contributed by atoms with Gasteiger partial charge in [0.1, 0.15) is 0 Å². The second-order valence-corrected chi connectivity index (χ2v) is 7.04. The summed E-state index contributed by atoms with van der Waals surface area (Å²) in [4.78, 5) is 27.3. The van der Waals surface area contributed by atoms with Crippen LogP contribution in [0.2, 0.25) is 0 Å². The van der Waals surface area contributed by atoms with Crippen LogP contribution in [0.5, 0.6) is 0 Å². The van der Waals surface area contributed by atoms with Gasteiger partial charge in [-0.25, -0.2) is 0 Å². The number of aryl methyl sites for hydroxylation is 2. The number of carbonyl (C=O) groups excluding carboxylic acids is 1. The molecule has 1 fully saturated rings. The van der Waals surface area contributed by atoms with Gasteiger partial charge in [-0.2, -0.15) is 0 Å². The number of nitrogens with one attached hydrogen (secondary N) is 1. The average molecular weight is 384 g/mol. The first kappa shape index (κ1) is 22.4. The second-order valence-electron chi connectivity index (χ2n) is 7.04. The predicted octanol–water partition coefficient (Wildman–Crippen LogP) is 2.53. The Kier molecular flexibility index (Phi) is 9.05. The zero-order chi connectivity index (χ0) is 18.4. The van der Waals surface area contributed by atoms with E-state index < -0.39 is 5.97 Å². The molecule has 1 atom stereocenters. The van der Waals surface area contributed by atoms with Crippen molar-refractivity contribution in [2.24, 2.45) is 0 Å². The van der Waals surface area contributed by atoms with E-state index in [1.165, 1.54) is 5.56 Å². The number of carboxylic acids is 1. The lowest BCUT2D eigenvalue weighted by atomic mass is 10.1. The molecular weight excluding hydrogens is 354 g/mol. The fourth-order valence-corrected chi connectivity index (χ4v) is 3.43. The number of hydrogen-bond acceptors (Lipinski definition) is 4. The molecule has 0 radical (unpaired) electrons. The number of aliphatic carboxylic acids is 1. The Labute approximate surface area is 162 Å². The molecule has 0 aromatic heterocycles. The smallest absolute Gasteiger partial charge is 0.317 e. The Hall–Kier alpha value is -1.63. The number of carbonyl (C=O) groups is 2. The molecule has 0 saturated carbocycles. The van der Waals surface area contributed by atoms with Gasteiger partial charge in [0.25, 0.3) is 0 Å². The summed E-state index contributed by atoms with van der Waals surface area (Å²) in [6, 6.07) is 6.27. The highest BCUT2D eigenvalue weighted by Gasteiger charge is 2.22. The number of carboxylic acid groups (broad SMARTS) is 1. The van der Waals surface area contributed by atoms with E-state index >= 15 is 0 Å². The molecule has 146 valence electrons. The van der Waals surface area contributed by atoms with Gasteiger partial charge in [-0.05, 0) is 58.3 Å². The summed E-state index contributed by atoms with van der Waals surface area (Å²) in [6.45, 7) is 6.16. The van der Waals surface area contributed by atoms with Crippen molar-refractivity contribution in [1.82, 2.24) is 9.80 Å². The number of anilines is 1. The highest BCUT2D eigenvalue weighted by Crippen LogP contribution is 2.18. The third-order valence-electron chi connectivity index (χ3n) is 4.82. The van der Waals surface area contributed by atoms with Crippen molar-refractivity contribution in [2.75, 3.05) is 38.5 Å². The lowest BCUT2D eigenvalue weighted by Crippen LogP contribution is -2.37. The number of likely N-dealkylation sites (N-methyl/N-ethyl adjacent to an activating group) is 1. The summed E-state index contributed by atoms with van der Waals surface area (Å²) in [5.41, 5.74) is 3.11. The van der Waals surface area contributed by atoms with Crippen LogP contribution in [0.3, 0.4) is 0 Å². The van der Waals surface area contributed by atoms with Crippen molar-refractivity contribution >= 4 is 30.0 Å². The van der Waals surface area contributed by atoms with Crippen LogP contribution in [0.15, 0.2) is 18.2 Å². The number of benzene rings is 1. The first-order valence-electron chi connectivity index (χ1n) is 8.86. The lowest BCUT2D eigenvalue weighted by molar-refractivity contribution is -0.138. The van der Waals surface area contributed by atoms with Crippen molar-refractivity contribution in [3.63, 3.8) is 0 Å². The Morgan fingerprint density at radius 2 is 2.00 bits per heavy atom. The molecule has 1 saturated heterocycles. The van der Waals surface area contributed by atoms with Crippen molar-refractivity contribution in [3.8, 4) is 0 Å². The molecule has 1 unspecified atom stereocenters. The molecule has 1 heterocycles. The van der Waals surface area contributed by atoms with E-state index in [-0.39, 0.29) is 30.9 Å². The van der Waals surface area contributed by atoms with Gasteiger partial charge in [-0.15, -0.1) is 12.4 Å². The van der Waals surface area contributed by atoms with Crippen molar-refractivity contribution in [3.05, 3.63) is 29.3 Å². The molecule has 0 bridgehead atoms. The van der Waals surface area contributed by atoms with E-state index in [9.17, 15) is 9.59 Å². The minimum absolute atomic E-state index is 0. The van der Waals surface area contributed by atoms with Gasteiger partial charge in [0.15, 0.2) is 0 Å². The van der Waals surface area contributed by atoms with E-state index in [0.29, 0.717) is 6.54 Å². The zero-order valence-electron chi connectivity index (χ0n) is 15.8. The Balaban J connectivity index is 0.00000338. The Bertz CT molecular complexity index is 624. The van der Waals surface area contributed by atoms with E-state index in [1.807, 2.05) is 37.9 Å². The predicted molar refractivity (Wildman–Crippen MR) is 106 cm³/mol. The van der Waals surface area contributed by atoms with E-state index in [4.69, 9.17) is 5.11 Å². The Morgan fingerprint density at radius 1 is 1.27 bits per heavy atom. The summed E-state index contributed by atoms with van der Waals surface area (Å²) in [5.74, 6) is -0.791. The second kappa shape index (κ2) is 10.5. The number of likely N-dealkylation sites (tertiary alicyclic amines) is 1. The maximum Gasteiger partial charge on any atom is 0.317 e. The summed E-state index contributed by atoms with van der Waals surface area (Å²) < 4.78 is 0. The normalized spacial score (nSPS) is 18.1. The largest absolute Gasteiger partial charge is 0.480 e. The molecule has 0 spiro atoms. The number of halogens is 1. The van der Waals surface area contributed by atoms with Crippen LogP contribution in [0, 0.1) is 13.8 Å². The fraction of sp³-hybridized carbons (Fsp3) is 0.579. The standard InChI is InChI=1S/C19H29N3O3.ClH/c1-14-6-7-17(15(2)11-14)20-18(23)12-22-9-4-5-16(8-10-22)21(3)13-19(24)25;/h6-7,11,16H,4-5,8-10,12-13H2,1-3H3,(H,20,23)(H,24,25);1H. The molecule has 1 aromatic carbocycles. The van der Waals surface area contributed by atoms with Crippen molar-refractivity contribution < 1.29 is 14.7 Å². The molecule has 1 aromatic rings. The summed E-state index contributed by atoms with van der Waals surface area (Å²) in [5, 5.41) is 11.9. The van der Waals surface area contributed by atoms with Crippen LogP contribution in [-0.2, 0) is 9.59 Å². The van der Waals surface area contributed by atoms with E-state index in [0.717, 1.165) is 43.6 Å². The third-order valence-corrected chi connectivity index (χ3v) is 4.82. The summed E-state index contributed by atoms with van der Waals surface area (Å²) >= 11 is 0. The van der Waals surface area contributed by atoms with Gasteiger partial charge in [0.2, 0.25) is 5.91 Å². The molecule has 2 rings (SSSR count). The van der Waals surface area contributed by atoms with Gasteiger partial charge in [-0.3, -0.25) is 19.4 Å². The molecule has 1 amide bonds. The fourth-order valence-electron chi connectivity index (χ4n) is 3.43. The molecule has 0 aliphatic carbocycles. The average Bonchev–Trinajstić information content (AvgIpc) is 2.75. The van der Waals surface area contributed by atoms with Crippen molar-refractivity contribution in [2.45, 2.75) is 39.2 Å². The first-order chi connectivity index (χ1) is 11.8. The quantitative estimate of drug-likeness (QED) is 0.789. The maximum absolute atomic E-state index is 12.4. The van der Waals surface area contributed by atoms with Gasteiger partial charge >= 0.3 is 5.97 Å². The number of nitrogens with zero attached hydrogens (tertiary/aromatic N) is 2. The molecule has 1 aliphatic rings.